The number of rotatable bonds is 5. The minimum absolute atomic E-state index is 0.227. The number of anilines is 1. The van der Waals surface area contributed by atoms with Crippen molar-refractivity contribution in [3.63, 3.8) is 0 Å². The number of likely N-dealkylation sites (tertiary alicyclic amines) is 1. The van der Waals surface area contributed by atoms with Gasteiger partial charge in [-0.25, -0.2) is 14.2 Å². The van der Waals surface area contributed by atoms with Gasteiger partial charge in [0.25, 0.3) is 0 Å². The van der Waals surface area contributed by atoms with Crippen LogP contribution in [0.1, 0.15) is 30.8 Å². The number of halogens is 1. The number of nitrogens with zero attached hydrogens (tertiary/aromatic N) is 3. The molecule has 0 spiro atoms. The number of nitrogens with one attached hydrogen (secondary N) is 1. The fourth-order valence-corrected chi connectivity index (χ4v) is 3.68. The van der Waals surface area contributed by atoms with Gasteiger partial charge in [-0.15, -0.1) is 0 Å². The molecule has 2 heterocycles. The maximum absolute atomic E-state index is 13.7. The van der Waals surface area contributed by atoms with Crippen LogP contribution in [-0.4, -0.2) is 33.6 Å². The molecule has 1 unspecified atom stereocenters. The van der Waals surface area contributed by atoms with Gasteiger partial charge in [0.2, 0.25) is 0 Å². The highest BCUT2D eigenvalue weighted by Crippen LogP contribution is 2.32. The quantitative estimate of drug-likeness (QED) is 0.885. The molecule has 2 aliphatic rings. The van der Waals surface area contributed by atoms with E-state index in [0.717, 1.165) is 31.1 Å². The Labute approximate surface area is 153 Å². The highest BCUT2D eigenvalue weighted by molar-refractivity contribution is 5.89. The van der Waals surface area contributed by atoms with Crippen LogP contribution < -0.4 is 5.32 Å². The molecule has 1 aromatic heterocycles. The summed E-state index contributed by atoms with van der Waals surface area (Å²) in [4.78, 5) is 18.8. The molecular weight excluding hydrogens is 331 g/mol. The van der Waals surface area contributed by atoms with Gasteiger partial charge in [-0.2, -0.15) is 0 Å². The second-order valence-electron chi connectivity index (χ2n) is 7.58. The Balaban J connectivity index is 1.35. The van der Waals surface area contributed by atoms with E-state index in [1.54, 1.807) is 23.1 Å². The Kier molecular flexibility index (Phi) is 4.66. The molecule has 138 valence electrons. The van der Waals surface area contributed by atoms with Crippen LogP contribution in [0.15, 0.2) is 30.5 Å². The lowest BCUT2D eigenvalue weighted by molar-refractivity contribution is 0.220. The summed E-state index contributed by atoms with van der Waals surface area (Å²) in [5.41, 5.74) is 1.45. The number of aryl methyl sites for hydroxylation is 1. The van der Waals surface area contributed by atoms with Crippen LogP contribution in [0.4, 0.5) is 14.9 Å². The van der Waals surface area contributed by atoms with Crippen molar-refractivity contribution in [1.82, 2.24) is 14.5 Å². The summed E-state index contributed by atoms with van der Waals surface area (Å²) in [5, 5.41) is 2.68. The van der Waals surface area contributed by atoms with Crippen LogP contribution in [0.2, 0.25) is 0 Å². The molecular formula is C20H25FN4O. The van der Waals surface area contributed by atoms with Gasteiger partial charge in [-0.3, -0.25) is 0 Å². The third-order valence-corrected chi connectivity index (χ3v) is 5.44. The Hall–Kier alpha value is -2.37. The van der Waals surface area contributed by atoms with Crippen molar-refractivity contribution in [2.24, 2.45) is 11.8 Å². The molecule has 5 nitrogen and oxygen atoms in total. The summed E-state index contributed by atoms with van der Waals surface area (Å²) in [6.45, 7) is 4.58. The zero-order valence-electron chi connectivity index (χ0n) is 15.1. The minimum Gasteiger partial charge on any atom is -0.332 e. The standard InChI is InChI=1S/C20H25FN4O/c1-14-11-22-19(25(14)13-15-6-7-15)10-16-8-9-24(12-16)20(26)23-18-5-3-2-4-17(18)21/h2-5,11,15-16H,6-10,12-13H2,1H3,(H,23,26). The van der Waals surface area contributed by atoms with Crippen LogP contribution >= 0.6 is 0 Å². The van der Waals surface area contributed by atoms with E-state index in [9.17, 15) is 9.18 Å². The average molecular weight is 356 g/mol. The van der Waals surface area contributed by atoms with Gasteiger partial charge in [0, 0.05) is 37.9 Å². The van der Waals surface area contributed by atoms with Gasteiger partial charge >= 0.3 is 6.03 Å². The Morgan fingerprint density at radius 1 is 1.27 bits per heavy atom. The van der Waals surface area contributed by atoms with E-state index in [-0.39, 0.29) is 11.7 Å². The molecule has 1 aliphatic carbocycles. The molecule has 0 bridgehead atoms. The van der Waals surface area contributed by atoms with Crippen LogP contribution in [0.25, 0.3) is 0 Å². The van der Waals surface area contributed by atoms with E-state index in [1.165, 1.54) is 24.6 Å². The van der Waals surface area contributed by atoms with E-state index >= 15 is 0 Å². The average Bonchev–Trinajstić information content (AvgIpc) is 3.22. The van der Waals surface area contributed by atoms with E-state index in [4.69, 9.17) is 0 Å². The first-order chi connectivity index (χ1) is 12.6. The first-order valence-electron chi connectivity index (χ1n) is 9.41. The molecule has 1 saturated heterocycles. The van der Waals surface area contributed by atoms with Crippen molar-refractivity contribution < 1.29 is 9.18 Å². The minimum atomic E-state index is -0.408. The van der Waals surface area contributed by atoms with E-state index in [1.807, 2.05) is 6.20 Å². The molecule has 4 rings (SSSR count). The van der Waals surface area contributed by atoms with Crippen molar-refractivity contribution in [2.75, 3.05) is 18.4 Å². The van der Waals surface area contributed by atoms with Gasteiger partial charge < -0.3 is 14.8 Å². The van der Waals surface area contributed by atoms with E-state index < -0.39 is 5.82 Å². The SMILES string of the molecule is Cc1cnc(CC2CCN(C(=O)Nc3ccccc3F)C2)n1CC1CC1. The third-order valence-electron chi connectivity index (χ3n) is 5.44. The molecule has 6 heteroatoms. The highest BCUT2D eigenvalue weighted by atomic mass is 19.1. The van der Waals surface area contributed by atoms with E-state index in [2.05, 4.69) is 21.8 Å². The second-order valence-corrected chi connectivity index (χ2v) is 7.58. The van der Waals surface area contributed by atoms with Crippen LogP contribution in [0, 0.1) is 24.6 Å². The zero-order valence-corrected chi connectivity index (χ0v) is 15.1. The summed E-state index contributed by atoms with van der Waals surface area (Å²) in [6, 6.07) is 6.04. The topological polar surface area (TPSA) is 50.2 Å². The largest absolute Gasteiger partial charge is 0.332 e. The number of urea groups is 1. The molecule has 2 amide bonds. The predicted octanol–water partition coefficient (Wildman–Crippen LogP) is 3.84. The molecule has 1 aliphatic heterocycles. The maximum Gasteiger partial charge on any atom is 0.321 e. The van der Waals surface area contributed by atoms with Gasteiger partial charge in [0.05, 0.1) is 5.69 Å². The molecule has 2 fully saturated rings. The lowest BCUT2D eigenvalue weighted by Crippen LogP contribution is -2.33. The normalized spacial score (nSPS) is 19.8. The molecule has 0 radical (unpaired) electrons. The van der Waals surface area contributed by atoms with Crippen molar-refractivity contribution >= 4 is 11.7 Å². The number of para-hydroxylation sites is 1. The summed E-state index contributed by atoms with van der Waals surface area (Å²) < 4.78 is 16.1. The molecule has 1 saturated carbocycles. The molecule has 2 aromatic rings. The number of benzene rings is 1. The summed E-state index contributed by atoms with van der Waals surface area (Å²) in [6.07, 6.45) is 6.45. The zero-order chi connectivity index (χ0) is 18.1. The van der Waals surface area contributed by atoms with Crippen LogP contribution in [0.5, 0.6) is 0 Å². The number of carbonyl (C=O) groups excluding carboxylic acids is 1. The van der Waals surface area contributed by atoms with Gasteiger partial charge in [0.15, 0.2) is 0 Å². The van der Waals surface area contributed by atoms with Crippen molar-refractivity contribution in [1.29, 1.82) is 0 Å². The van der Waals surface area contributed by atoms with Gasteiger partial charge in [-0.05, 0) is 50.2 Å². The summed E-state index contributed by atoms with van der Waals surface area (Å²) in [5.74, 6) is 1.94. The number of aromatic nitrogens is 2. The summed E-state index contributed by atoms with van der Waals surface area (Å²) >= 11 is 0. The number of carbonyl (C=O) groups is 1. The summed E-state index contributed by atoms with van der Waals surface area (Å²) in [7, 11) is 0. The number of hydrogen-bond donors (Lipinski definition) is 1. The van der Waals surface area contributed by atoms with Crippen LogP contribution in [-0.2, 0) is 13.0 Å². The van der Waals surface area contributed by atoms with Gasteiger partial charge in [0.1, 0.15) is 11.6 Å². The maximum atomic E-state index is 13.7. The predicted molar refractivity (Wildman–Crippen MR) is 98.5 cm³/mol. The fraction of sp³-hybridized carbons (Fsp3) is 0.500. The first kappa shape index (κ1) is 17.1. The van der Waals surface area contributed by atoms with Gasteiger partial charge in [-0.1, -0.05) is 12.1 Å². The first-order valence-corrected chi connectivity index (χ1v) is 9.41. The smallest absolute Gasteiger partial charge is 0.321 e. The molecule has 1 N–H and O–H groups in total. The third kappa shape index (κ3) is 3.74. The molecule has 1 atom stereocenters. The highest BCUT2D eigenvalue weighted by Gasteiger charge is 2.29. The monoisotopic (exact) mass is 356 g/mol. The fourth-order valence-electron chi connectivity index (χ4n) is 3.68. The molecule has 1 aromatic carbocycles. The van der Waals surface area contributed by atoms with Crippen molar-refractivity contribution in [3.8, 4) is 0 Å². The number of hydrogen-bond acceptors (Lipinski definition) is 2. The lowest BCUT2D eigenvalue weighted by Gasteiger charge is -2.18. The molecule has 26 heavy (non-hydrogen) atoms. The second kappa shape index (κ2) is 7.09. The lowest BCUT2D eigenvalue weighted by atomic mass is 10.0. The van der Waals surface area contributed by atoms with Crippen LogP contribution in [0.3, 0.4) is 0 Å². The van der Waals surface area contributed by atoms with Crippen molar-refractivity contribution in [3.05, 3.63) is 47.8 Å². The number of imidazole rings is 1. The Morgan fingerprint density at radius 3 is 2.85 bits per heavy atom. The Bertz CT molecular complexity index is 799. The van der Waals surface area contributed by atoms with Crippen molar-refractivity contribution in [2.45, 2.75) is 39.2 Å². The number of amides is 2. The van der Waals surface area contributed by atoms with E-state index in [0.29, 0.717) is 19.0 Å². The Morgan fingerprint density at radius 2 is 2.08 bits per heavy atom.